The number of hydrogen-bond donors (Lipinski definition) is 5. The van der Waals surface area contributed by atoms with Crippen molar-refractivity contribution in [3.05, 3.63) is 51.0 Å². The first-order valence-corrected chi connectivity index (χ1v) is 9.17. The molecule has 1 aromatic heterocycles. The lowest BCUT2D eigenvalue weighted by Crippen LogP contribution is -2.29. The molecule has 1 unspecified atom stereocenters. The molecule has 178 valence electrons. The van der Waals surface area contributed by atoms with Crippen molar-refractivity contribution >= 4 is 29.3 Å². The van der Waals surface area contributed by atoms with Crippen LogP contribution in [-0.4, -0.2) is 55.9 Å². The summed E-state index contributed by atoms with van der Waals surface area (Å²) in [6.45, 7) is 4.75. The Balaban J connectivity index is 3.33. The van der Waals surface area contributed by atoms with Gasteiger partial charge in [0.25, 0.3) is 0 Å². The molecule has 1 heterocycles. The Labute approximate surface area is 186 Å². The molecule has 33 heavy (non-hydrogen) atoms. The number of ketones is 1. The third kappa shape index (κ3) is 7.74. The second-order valence-corrected chi connectivity index (χ2v) is 6.66. The zero-order chi connectivity index (χ0) is 25.5. The van der Waals surface area contributed by atoms with Crippen LogP contribution in [0.5, 0.6) is 5.75 Å². The van der Waals surface area contributed by atoms with E-state index in [1.54, 1.807) is 0 Å². The number of nitrogens with zero attached hydrogens (tertiary/aromatic N) is 1. The van der Waals surface area contributed by atoms with E-state index >= 15 is 0 Å². The predicted octanol–water partition coefficient (Wildman–Crippen LogP) is 0.392. The van der Waals surface area contributed by atoms with Crippen LogP contribution in [0, 0.1) is 6.92 Å². The maximum atomic E-state index is 12.5. The van der Waals surface area contributed by atoms with Crippen LogP contribution in [0.1, 0.15) is 38.5 Å². The van der Waals surface area contributed by atoms with Crippen molar-refractivity contribution in [2.24, 2.45) is 5.10 Å². The first-order valence-electron chi connectivity index (χ1n) is 9.17. The van der Waals surface area contributed by atoms with E-state index < -0.39 is 70.2 Å². The lowest BCUT2D eigenvalue weighted by Gasteiger charge is -2.12. The van der Waals surface area contributed by atoms with Crippen molar-refractivity contribution in [2.75, 3.05) is 0 Å². The van der Waals surface area contributed by atoms with Gasteiger partial charge in [-0.25, -0.2) is 19.8 Å². The van der Waals surface area contributed by atoms with Gasteiger partial charge in [0.05, 0.1) is 12.1 Å². The van der Waals surface area contributed by atoms with Gasteiger partial charge in [0.15, 0.2) is 17.6 Å². The number of nitrogens with one attached hydrogen (secondary N) is 1. The molecule has 1 amide bonds. The molecule has 0 aliphatic carbocycles. The van der Waals surface area contributed by atoms with Crippen LogP contribution in [0.2, 0.25) is 0 Å². The molecule has 1 rings (SSSR count). The van der Waals surface area contributed by atoms with Crippen LogP contribution >= 0.6 is 0 Å². The minimum Gasteiger partial charge on any atom is -0.512 e. The number of aliphatic carboxylic acids is 1. The highest BCUT2D eigenvalue weighted by molar-refractivity contribution is 6.03. The van der Waals surface area contributed by atoms with Gasteiger partial charge in [-0.15, -0.1) is 0 Å². The monoisotopic (exact) mass is 466 g/mol. The lowest BCUT2D eigenvalue weighted by atomic mass is 10.1. The summed E-state index contributed by atoms with van der Waals surface area (Å²) in [5.74, 6) is -6.49. The van der Waals surface area contributed by atoms with E-state index in [9.17, 15) is 39.3 Å². The maximum absolute atomic E-state index is 12.5. The Morgan fingerprint density at radius 2 is 1.79 bits per heavy atom. The van der Waals surface area contributed by atoms with E-state index in [2.05, 4.69) is 5.10 Å². The number of carbonyl (C=O) groups is 4. The van der Waals surface area contributed by atoms with Crippen molar-refractivity contribution < 1.29 is 48.8 Å². The van der Waals surface area contributed by atoms with Gasteiger partial charge in [-0.3, -0.25) is 9.59 Å². The van der Waals surface area contributed by atoms with E-state index in [-0.39, 0.29) is 11.5 Å². The Hall–Kier alpha value is -4.26. The fourth-order valence-electron chi connectivity index (χ4n) is 2.35. The van der Waals surface area contributed by atoms with Gasteiger partial charge in [-0.2, -0.15) is 5.10 Å². The number of ether oxygens (including phenoxy) is 1. The second-order valence-electron chi connectivity index (χ2n) is 6.66. The molecule has 0 radical (unpaired) electrons. The number of amides is 1. The standard InChI is InChI=1S/C20H22N2O11/c1-8(23)5-12(25)17(11(4)24)20(31)33-14-6-9(2)32-19(30)16(14)10(3)21-22-15(27)7-13(26)18(28)29/h5-6,13,24-26H,7H2,1-4H3,(H,22,27)(H,28,29). The highest BCUT2D eigenvalue weighted by Crippen LogP contribution is 2.21. The topological polar surface area (TPSA) is 213 Å². The summed E-state index contributed by atoms with van der Waals surface area (Å²) in [5, 5.41) is 41.1. The fourth-order valence-corrected chi connectivity index (χ4v) is 2.35. The number of aliphatic hydroxyl groups excluding tert-OH is 3. The fraction of sp³-hybridized carbons (Fsp3) is 0.300. The highest BCUT2D eigenvalue weighted by Gasteiger charge is 2.25. The van der Waals surface area contributed by atoms with Crippen molar-refractivity contribution in [3.63, 3.8) is 0 Å². The molecular weight excluding hydrogens is 444 g/mol. The van der Waals surface area contributed by atoms with Gasteiger partial charge < -0.3 is 29.6 Å². The van der Waals surface area contributed by atoms with Crippen molar-refractivity contribution in [2.45, 2.75) is 40.2 Å². The van der Waals surface area contributed by atoms with Gasteiger partial charge in [0.1, 0.15) is 28.4 Å². The Kier molecular flexibility index (Phi) is 9.24. The molecule has 13 heteroatoms. The zero-order valence-electron chi connectivity index (χ0n) is 18.0. The summed E-state index contributed by atoms with van der Waals surface area (Å²) in [5.41, 5.74) is -0.465. The van der Waals surface area contributed by atoms with Crippen LogP contribution in [0.25, 0.3) is 0 Å². The van der Waals surface area contributed by atoms with Crippen molar-refractivity contribution in [1.82, 2.24) is 5.43 Å². The Morgan fingerprint density at radius 1 is 1.18 bits per heavy atom. The molecule has 1 aromatic rings. The van der Waals surface area contributed by atoms with E-state index in [1.807, 2.05) is 5.43 Å². The Morgan fingerprint density at radius 3 is 2.30 bits per heavy atom. The van der Waals surface area contributed by atoms with Crippen LogP contribution < -0.4 is 15.8 Å². The number of aryl methyl sites for hydroxylation is 1. The van der Waals surface area contributed by atoms with Crippen LogP contribution in [0.3, 0.4) is 0 Å². The molecule has 0 spiro atoms. The number of aliphatic hydroxyl groups is 3. The van der Waals surface area contributed by atoms with E-state index in [1.165, 1.54) is 13.8 Å². The minimum absolute atomic E-state index is 0.0164. The first-order chi connectivity index (χ1) is 15.2. The third-order valence-corrected chi connectivity index (χ3v) is 3.78. The molecule has 13 nitrogen and oxygen atoms in total. The van der Waals surface area contributed by atoms with E-state index in [0.717, 1.165) is 19.9 Å². The summed E-state index contributed by atoms with van der Waals surface area (Å²) in [7, 11) is 0. The predicted molar refractivity (Wildman–Crippen MR) is 111 cm³/mol. The summed E-state index contributed by atoms with van der Waals surface area (Å²) in [6, 6.07) is 1.12. The summed E-state index contributed by atoms with van der Waals surface area (Å²) < 4.78 is 10.1. The molecule has 0 bridgehead atoms. The number of carboxylic acids is 1. The second kappa shape index (κ2) is 11.4. The molecule has 0 saturated heterocycles. The molecule has 0 aromatic carbocycles. The quantitative estimate of drug-likeness (QED) is 0.0838. The number of allylic oxidation sites excluding steroid dienone is 2. The molecule has 0 aliphatic rings. The average molecular weight is 466 g/mol. The van der Waals surface area contributed by atoms with Gasteiger partial charge >= 0.3 is 17.6 Å². The van der Waals surface area contributed by atoms with Gasteiger partial charge in [0.2, 0.25) is 5.91 Å². The van der Waals surface area contributed by atoms with Crippen LogP contribution in [0.4, 0.5) is 0 Å². The van der Waals surface area contributed by atoms with E-state index in [0.29, 0.717) is 6.08 Å². The number of hydrazone groups is 1. The minimum atomic E-state index is -1.97. The molecule has 5 N–H and O–H groups in total. The normalized spacial score (nSPS) is 13.6. The van der Waals surface area contributed by atoms with Crippen molar-refractivity contribution in [1.29, 1.82) is 0 Å². The van der Waals surface area contributed by atoms with Gasteiger partial charge in [0, 0.05) is 12.1 Å². The molecular formula is C20H22N2O11. The SMILES string of the molecule is CC(=O)C=C(O)C(C(=O)Oc1cc(C)oc(=O)c1C(C)=NNC(=O)CC(O)C(=O)O)=C(C)O. The summed E-state index contributed by atoms with van der Waals surface area (Å²) in [6.07, 6.45) is -2.11. The number of carbonyl (C=O) groups excluding carboxylic acids is 3. The maximum Gasteiger partial charge on any atom is 0.350 e. The largest absolute Gasteiger partial charge is 0.512 e. The zero-order valence-corrected chi connectivity index (χ0v) is 18.0. The van der Waals surface area contributed by atoms with Crippen molar-refractivity contribution in [3.8, 4) is 5.75 Å². The van der Waals surface area contributed by atoms with E-state index in [4.69, 9.17) is 14.3 Å². The van der Waals surface area contributed by atoms with Gasteiger partial charge in [-0.1, -0.05) is 0 Å². The average Bonchev–Trinajstić information content (AvgIpc) is 2.64. The molecule has 0 saturated carbocycles. The molecule has 0 fully saturated rings. The van der Waals surface area contributed by atoms with Crippen LogP contribution in [-0.2, 0) is 19.2 Å². The molecule has 1 atom stereocenters. The number of rotatable bonds is 9. The number of carboxylic acid groups (broad SMARTS) is 1. The summed E-state index contributed by atoms with van der Waals surface area (Å²) in [4.78, 5) is 58.4. The summed E-state index contributed by atoms with van der Waals surface area (Å²) >= 11 is 0. The third-order valence-electron chi connectivity index (χ3n) is 3.78. The van der Waals surface area contributed by atoms with Crippen LogP contribution in [0.15, 0.2) is 43.5 Å². The number of esters is 1. The number of hydrogen-bond acceptors (Lipinski definition) is 11. The lowest BCUT2D eigenvalue weighted by molar-refractivity contribution is -0.149. The molecule has 0 aliphatic heterocycles. The smallest absolute Gasteiger partial charge is 0.350 e. The highest BCUT2D eigenvalue weighted by atomic mass is 16.5. The Bertz CT molecular complexity index is 1120. The first kappa shape index (κ1) is 26.8. The van der Waals surface area contributed by atoms with Gasteiger partial charge in [-0.05, 0) is 27.7 Å².